The van der Waals surface area contributed by atoms with E-state index < -0.39 is 0 Å². The fourth-order valence-electron chi connectivity index (χ4n) is 2.87. The Bertz CT molecular complexity index is 1270. The van der Waals surface area contributed by atoms with Gasteiger partial charge in [-0.3, -0.25) is 4.98 Å². The molecule has 0 radical (unpaired) electrons. The Morgan fingerprint density at radius 3 is 2.79 bits per heavy atom. The molecule has 0 spiro atoms. The summed E-state index contributed by atoms with van der Waals surface area (Å²) in [4.78, 5) is 8.73. The molecule has 0 bridgehead atoms. The summed E-state index contributed by atoms with van der Waals surface area (Å²) >= 11 is 1.36. The van der Waals surface area contributed by atoms with Crippen molar-refractivity contribution in [3.63, 3.8) is 0 Å². The van der Waals surface area contributed by atoms with Crippen molar-refractivity contribution in [1.29, 1.82) is 5.26 Å². The molecule has 0 unspecified atom stereocenters. The van der Waals surface area contributed by atoms with Crippen LogP contribution >= 0.6 is 11.3 Å². The molecule has 0 aliphatic heterocycles. The van der Waals surface area contributed by atoms with Crippen LogP contribution in [0.1, 0.15) is 5.01 Å². The normalized spacial score (nSPS) is 11.3. The number of aromatic nitrogens is 5. The van der Waals surface area contributed by atoms with Crippen molar-refractivity contribution < 1.29 is 0 Å². The van der Waals surface area contributed by atoms with E-state index in [1.807, 2.05) is 42.5 Å². The van der Waals surface area contributed by atoms with Gasteiger partial charge < -0.3 is 0 Å². The van der Waals surface area contributed by atoms with E-state index in [1.165, 1.54) is 11.3 Å². The summed E-state index contributed by atoms with van der Waals surface area (Å²) in [5.41, 5.74) is 4.22. The van der Waals surface area contributed by atoms with Crippen LogP contribution in [0.5, 0.6) is 0 Å². The average molecular weight is 328 g/mol. The zero-order chi connectivity index (χ0) is 16.1. The standard InChI is InChI=1S/C17H8N6S/c18-9-15-20-13-6-5-12-16(17(13)24-15)23(22-21-12)14-7-8-19-11-4-2-1-3-10(11)14/h1-8H. The van der Waals surface area contributed by atoms with Crippen LogP contribution in [0.4, 0.5) is 0 Å². The highest BCUT2D eigenvalue weighted by Gasteiger charge is 2.15. The summed E-state index contributed by atoms with van der Waals surface area (Å²) in [7, 11) is 0. The zero-order valence-electron chi connectivity index (χ0n) is 12.2. The third-order valence-electron chi connectivity index (χ3n) is 3.91. The Morgan fingerprint density at radius 1 is 1.00 bits per heavy atom. The van der Waals surface area contributed by atoms with Crippen molar-refractivity contribution in [2.24, 2.45) is 0 Å². The van der Waals surface area contributed by atoms with Crippen LogP contribution in [0.25, 0.3) is 37.8 Å². The summed E-state index contributed by atoms with van der Waals surface area (Å²) in [5.74, 6) is 0. The van der Waals surface area contributed by atoms with E-state index >= 15 is 0 Å². The van der Waals surface area contributed by atoms with Crippen LogP contribution in [0.3, 0.4) is 0 Å². The van der Waals surface area contributed by atoms with Gasteiger partial charge in [0.15, 0.2) is 5.01 Å². The van der Waals surface area contributed by atoms with E-state index in [2.05, 4.69) is 26.3 Å². The number of rotatable bonds is 1. The topological polar surface area (TPSA) is 80.3 Å². The minimum absolute atomic E-state index is 0.435. The SMILES string of the molecule is N#Cc1nc2ccc3nnn(-c4ccnc5ccccc45)c3c2s1. The Labute approximate surface area is 139 Å². The van der Waals surface area contributed by atoms with Crippen molar-refractivity contribution >= 4 is 43.5 Å². The molecule has 6 nitrogen and oxygen atoms in total. The second kappa shape index (κ2) is 4.81. The molecule has 0 aliphatic carbocycles. The summed E-state index contributed by atoms with van der Waals surface area (Å²) in [5, 5.41) is 19.2. The summed E-state index contributed by atoms with van der Waals surface area (Å²) < 4.78 is 2.72. The highest BCUT2D eigenvalue weighted by Crippen LogP contribution is 2.31. The number of hydrogen-bond acceptors (Lipinski definition) is 6. The van der Waals surface area contributed by atoms with Gasteiger partial charge in [0.05, 0.1) is 21.4 Å². The first kappa shape index (κ1) is 13.1. The molecule has 0 aliphatic rings. The van der Waals surface area contributed by atoms with Gasteiger partial charge in [0.1, 0.15) is 17.1 Å². The Balaban J connectivity index is 1.93. The number of nitrogens with zero attached hydrogens (tertiary/aromatic N) is 6. The van der Waals surface area contributed by atoms with Crippen LogP contribution in [0.2, 0.25) is 0 Å². The summed E-state index contributed by atoms with van der Waals surface area (Å²) in [6.45, 7) is 0. The maximum Gasteiger partial charge on any atom is 0.195 e. The minimum atomic E-state index is 0.435. The predicted molar refractivity (Wildman–Crippen MR) is 92.1 cm³/mol. The van der Waals surface area contributed by atoms with Crippen molar-refractivity contribution in [1.82, 2.24) is 25.0 Å². The zero-order valence-corrected chi connectivity index (χ0v) is 13.0. The highest BCUT2D eigenvalue weighted by molar-refractivity contribution is 7.20. The van der Waals surface area contributed by atoms with Crippen LogP contribution in [0.15, 0.2) is 48.7 Å². The number of benzene rings is 2. The van der Waals surface area contributed by atoms with Gasteiger partial charge in [-0.2, -0.15) is 5.26 Å². The quantitative estimate of drug-likeness (QED) is 0.471. The number of pyridine rings is 1. The monoisotopic (exact) mass is 328 g/mol. The lowest BCUT2D eigenvalue weighted by Crippen LogP contribution is -1.98. The fraction of sp³-hybridized carbons (Fsp3) is 0. The van der Waals surface area contributed by atoms with E-state index in [4.69, 9.17) is 5.26 Å². The Hall–Kier alpha value is -3.37. The molecule has 3 aromatic heterocycles. The van der Waals surface area contributed by atoms with Crippen LogP contribution in [-0.4, -0.2) is 25.0 Å². The first-order valence-corrected chi connectivity index (χ1v) is 8.06. The molecule has 112 valence electrons. The third-order valence-corrected chi connectivity index (χ3v) is 4.90. The van der Waals surface area contributed by atoms with Gasteiger partial charge >= 0.3 is 0 Å². The molecule has 24 heavy (non-hydrogen) atoms. The maximum absolute atomic E-state index is 9.14. The molecule has 7 heteroatoms. The van der Waals surface area contributed by atoms with Gasteiger partial charge in [0.2, 0.25) is 0 Å². The van der Waals surface area contributed by atoms with E-state index in [9.17, 15) is 0 Å². The van der Waals surface area contributed by atoms with Crippen molar-refractivity contribution in [3.05, 3.63) is 53.7 Å². The van der Waals surface area contributed by atoms with Crippen LogP contribution < -0.4 is 0 Å². The van der Waals surface area contributed by atoms with Gasteiger partial charge in [-0.1, -0.05) is 23.4 Å². The van der Waals surface area contributed by atoms with E-state index in [0.717, 1.165) is 37.8 Å². The van der Waals surface area contributed by atoms with Gasteiger partial charge in [-0.15, -0.1) is 16.4 Å². The first-order valence-electron chi connectivity index (χ1n) is 7.24. The van der Waals surface area contributed by atoms with E-state index in [1.54, 1.807) is 10.9 Å². The minimum Gasteiger partial charge on any atom is -0.256 e. The molecule has 2 aromatic carbocycles. The molecule has 0 fully saturated rings. The highest BCUT2D eigenvalue weighted by atomic mass is 32.1. The Kier molecular flexibility index (Phi) is 2.63. The van der Waals surface area contributed by atoms with Gasteiger partial charge in [-0.05, 0) is 24.3 Å². The van der Waals surface area contributed by atoms with Crippen molar-refractivity contribution in [2.75, 3.05) is 0 Å². The Morgan fingerprint density at radius 2 is 1.88 bits per heavy atom. The maximum atomic E-state index is 9.14. The second-order valence-corrected chi connectivity index (χ2v) is 6.26. The molecular weight excluding hydrogens is 320 g/mol. The molecule has 5 aromatic rings. The molecule has 3 heterocycles. The molecule has 0 saturated heterocycles. The van der Waals surface area contributed by atoms with Gasteiger partial charge in [0.25, 0.3) is 0 Å². The predicted octanol–water partition coefficient (Wildman–Crippen LogP) is 3.45. The fourth-order valence-corrected chi connectivity index (χ4v) is 3.76. The number of nitriles is 1. The average Bonchev–Trinajstić information content (AvgIpc) is 3.24. The molecule has 0 amide bonds. The number of para-hydroxylation sites is 1. The lowest BCUT2D eigenvalue weighted by molar-refractivity contribution is 0.829. The molecule has 0 atom stereocenters. The number of fused-ring (bicyclic) bond motifs is 4. The molecule has 0 saturated carbocycles. The molecule has 0 N–H and O–H groups in total. The lowest BCUT2D eigenvalue weighted by atomic mass is 10.2. The van der Waals surface area contributed by atoms with Crippen LogP contribution in [0, 0.1) is 11.3 Å². The smallest absolute Gasteiger partial charge is 0.195 e. The van der Waals surface area contributed by atoms with E-state index in [0.29, 0.717) is 5.01 Å². The van der Waals surface area contributed by atoms with E-state index in [-0.39, 0.29) is 0 Å². The number of hydrogen-bond donors (Lipinski definition) is 0. The number of thiazole rings is 1. The van der Waals surface area contributed by atoms with Gasteiger partial charge in [0, 0.05) is 11.6 Å². The van der Waals surface area contributed by atoms with Crippen LogP contribution in [-0.2, 0) is 0 Å². The largest absolute Gasteiger partial charge is 0.256 e. The van der Waals surface area contributed by atoms with Crippen molar-refractivity contribution in [3.8, 4) is 11.8 Å². The first-order chi connectivity index (χ1) is 11.8. The third kappa shape index (κ3) is 1.74. The molecule has 5 rings (SSSR count). The van der Waals surface area contributed by atoms with Crippen molar-refractivity contribution in [2.45, 2.75) is 0 Å². The second-order valence-electron chi connectivity index (χ2n) is 5.26. The molecular formula is C17H8N6S. The lowest BCUT2D eigenvalue weighted by Gasteiger charge is -2.06. The summed E-state index contributed by atoms with van der Waals surface area (Å²) in [6, 6.07) is 15.7. The van der Waals surface area contributed by atoms with Gasteiger partial charge in [-0.25, -0.2) is 9.67 Å². The summed E-state index contributed by atoms with van der Waals surface area (Å²) in [6.07, 6.45) is 1.76.